The summed E-state index contributed by atoms with van der Waals surface area (Å²) in [5.41, 5.74) is -0.0629. The van der Waals surface area contributed by atoms with E-state index in [0.29, 0.717) is 10.9 Å². The molecule has 28 heavy (non-hydrogen) atoms. The fourth-order valence-electron chi connectivity index (χ4n) is 2.65. The molecule has 144 valence electrons. The van der Waals surface area contributed by atoms with Crippen molar-refractivity contribution in [1.29, 1.82) is 0 Å². The minimum absolute atomic E-state index is 0.0246. The van der Waals surface area contributed by atoms with Gasteiger partial charge < -0.3 is 15.6 Å². The summed E-state index contributed by atoms with van der Waals surface area (Å²) in [6, 6.07) is 13.4. The highest BCUT2D eigenvalue weighted by Gasteiger charge is 2.28. The van der Waals surface area contributed by atoms with Crippen molar-refractivity contribution in [1.82, 2.24) is 10.3 Å². The van der Waals surface area contributed by atoms with Gasteiger partial charge in [0.05, 0.1) is 16.8 Å². The molecule has 0 unspecified atom stereocenters. The molecular weight excluding hydrogens is 375 g/mol. The van der Waals surface area contributed by atoms with Gasteiger partial charge in [-0.15, -0.1) is 0 Å². The van der Waals surface area contributed by atoms with Gasteiger partial charge in [-0.2, -0.15) is 13.2 Å². The van der Waals surface area contributed by atoms with Gasteiger partial charge >= 0.3 is 6.18 Å². The normalized spacial score (nSPS) is 11.2. The Bertz CT molecular complexity index is 1110. The second-order valence-electron chi connectivity index (χ2n) is 5.89. The van der Waals surface area contributed by atoms with Crippen molar-refractivity contribution in [3.05, 3.63) is 76.1 Å². The minimum Gasteiger partial charge on any atom is -0.343 e. The number of anilines is 1. The number of fused-ring (bicyclic) bond motifs is 1. The Morgan fingerprint density at radius 3 is 2.36 bits per heavy atom. The number of alkyl halides is 3. The van der Waals surface area contributed by atoms with Crippen LogP contribution in [0, 0.1) is 0 Å². The third-order valence-electron chi connectivity index (χ3n) is 3.86. The van der Waals surface area contributed by atoms with E-state index in [1.54, 1.807) is 29.6 Å². The summed E-state index contributed by atoms with van der Waals surface area (Å²) in [4.78, 5) is 39.2. The number of hydrogen-bond acceptors (Lipinski definition) is 3. The highest BCUT2D eigenvalue weighted by molar-refractivity contribution is 6.14. The maximum Gasteiger partial charge on any atom is 0.405 e. The molecule has 9 heteroatoms. The zero-order chi connectivity index (χ0) is 20.3. The van der Waals surface area contributed by atoms with Crippen LogP contribution < -0.4 is 16.2 Å². The van der Waals surface area contributed by atoms with Crippen LogP contribution >= 0.6 is 0 Å². The number of hydrogen-bond donors (Lipinski definition) is 3. The molecule has 1 aromatic heterocycles. The summed E-state index contributed by atoms with van der Waals surface area (Å²) in [5.74, 6) is -1.65. The van der Waals surface area contributed by atoms with Gasteiger partial charge in [-0.1, -0.05) is 30.3 Å². The molecule has 0 bridgehead atoms. The summed E-state index contributed by atoms with van der Waals surface area (Å²) >= 11 is 0. The number of aromatic nitrogens is 1. The van der Waals surface area contributed by atoms with Crippen molar-refractivity contribution >= 4 is 28.4 Å². The van der Waals surface area contributed by atoms with Gasteiger partial charge in [-0.25, -0.2) is 0 Å². The van der Waals surface area contributed by atoms with Gasteiger partial charge in [0.2, 0.25) is 5.56 Å². The molecule has 0 aliphatic heterocycles. The van der Waals surface area contributed by atoms with E-state index in [4.69, 9.17) is 0 Å². The van der Waals surface area contributed by atoms with E-state index in [9.17, 15) is 27.6 Å². The molecule has 3 aromatic rings. The van der Waals surface area contributed by atoms with E-state index < -0.39 is 30.1 Å². The van der Waals surface area contributed by atoms with E-state index in [0.717, 1.165) is 6.07 Å². The summed E-state index contributed by atoms with van der Waals surface area (Å²) < 4.78 is 37.0. The van der Waals surface area contributed by atoms with Crippen LogP contribution in [0.15, 0.2) is 59.4 Å². The van der Waals surface area contributed by atoms with Crippen LogP contribution in [-0.4, -0.2) is 29.5 Å². The maximum atomic E-state index is 12.7. The molecule has 2 amide bonds. The van der Waals surface area contributed by atoms with Crippen LogP contribution in [0.3, 0.4) is 0 Å². The van der Waals surface area contributed by atoms with Crippen LogP contribution in [0.2, 0.25) is 0 Å². The topological polar surface area (TPSA) is 91.1 Å². The van der Waals surface area contributed by atoms with E-state index in [2.05, 4.69) is 10.3 Å². The molecule has 2 aromatic carbocycles. The van der Waals surface area contributed by atoms with Gasteiger partial charge in [0.15, 0.2) is 0 Å². The number of amides is 2. The molecule has 0 aliphatic rings. The number of nitrogens with one attached hydrogen (secondary N) is 3. The maximum absolute atomic E-state index is 12.7. The third kappa shape index (κ3) is 4.37. The average Bonchev–Trinajstić information content (AvgIpc) is 2.65. The molecule has 0 saturated carbocycles. The number of benzene rings is 2. The van der Waals surface area contributed by atoms with E-state index >= 15 is 0 Å². The first-order valence-electron chi connectivity index (χ1n) is 8.12. The zero-order valence-electron chi connectivity index (χ0n) is 14.3. The Kier molecular flexibility index (Phi) is 5.16. The molecule has 0 saturated heterocycles. The molecule has 0 fully saturated rings. The molecule has 6 nitrogen and oxygen atoms in total. The van der Waals surface area contributed by atoms with Crippen LogP contribution in [0.1, 0.15) is 20.7 Å². The highest BCUT2D eigenvalue weighted by atomic mass is 19.4. The Hall–Kier alpha value is -3.62. The fourth-order valence-corrected chi connectivity index (χ4v) is 2.65. The molecule has 0 spiro atoms. The summed E-state index contributed by atoms with van der Waals surface area (Å²) in [6.07, 6.45) is -4.56. The Morgan fingerprint density at radius 1 is 0.929 bits per heavy atom. The smallest absolute Gasteiger partial charge is 0.343 e. The first kappa shape index (κ1) is 19.2. The largest absolute Gasteiger partial charge is 0.405 e. The number of carbonyl (C=O) groups is 2. The van der Waals surface area contributed by atoms with Crippen LogP contribution in [0.4, 0.5) is 18.9 Å². The van der Waals surface area contributed by atoms with Crippen molar-refractivity contribution in [2.45, 2.75) is 6.18 Å². The van der Waals surface area contributed by atoms with Crippen LogP contribution in [0.5, 0.6) is 0 Å². The SMILES string of the molecule is O=C(NCC(F)(F)F)c1ccccc1NC(=O)c1cc(=O)[nH]c2ccccc12. The van der Waals surface area contributed by atoms with E-state index in [-0.39, 0.29) is 16.8 Å². The number of pyridine rings is 1. The standard InChI is InChI=1S/C19H14F3N3O3/c20-19(21,22)10-23-17(27)12-6-2-4-8-15(12)25-18(28)13-9-16(26)24-14-7-3-1-5-11(13)14/h1-9H,10H2,(H,23,27)(H,24,26)(H,25,28). The molecule has 0 atom stereocenters. The zero-order valence-corrected chi connectivity index (χ0v) is 14.3. The molecule has 0 radical (unpaired) electrons. The number of aromatic amines is 1. The average molecular weight is 389 g/mol. The molecule has 0 aliphatic carbocycles. The lowest BCUT2D eigenvalue weighted by Gasteiger charge is -2.13. The summed E-state index contributed by atoms with van der Waals surface area (Å²) in [6.45, 7) is -1.49. The van der Waals surface area contributed by atoms with Crippen molar-refractivity contribution in [3.8, 4) is 0 Å². The second kappa shape index (κ2) is 7.55. The molecule has 1 heterocycles. The van der Waals surface area contributed by atoms with Crippen molar-refractivity contribution in [2.75, 3.05) is 11.9 Å². The molecule has 3 N–H and O–H groups in total. The van der Waals surface area contributed by atoms with Crippen LogP contribution in [-0.2, 0) is 0 Å². The highest BCUT2D eigenvalue weighted by Crippen LogP contribution is 2.20. The van der Waals surface area contributed by atoms with Crippen molar-refractivity contribution < 1.29 is 22.8 Å². The molecular formula is C19H14F3N3O3. The minimum atomic E-state index is -4.56. The number of para-hydroxylation sites is 2. The van der Waals surface area contributed by atoms with Crippen LogP contribution in [0.25, 0.3) is 10.9 Å². The Morgan fingerprint density at radius 2 is 1.61 bits per heavy atom. The summed E-state index contributed by atoms with van der Waals surface area (Å²) in [5, 5.41) is 4.74. The lowest BCUT2D eigenvalue weighted by atomic mass is 10.1. The monoisotopic (exact) mass is 389 g/mol. The predicted molar refractivity (Wildman–Crippen MR) is 97.4 cm³/mol. The lowest BCUT2D eigenvalue weighted by Crippen LogP contribution is -2.34. The van der Waals surface area contributed by atoms with Gasteiger partial charge in [-0.05, 0) is 18.2 Å². The number of carbonyl (C=O) groups excluding carboxylic acids is 2. The first-order valence-corrected chi connectivity index (χ1v) is 8.12. The lowest BCUT2D eigenvalue weighted by molar-refractivity contribution is -0.123. The van der Waals surface area contributed by atoms with Crippen molar-refractivity contribution in [2.24, 2.45) is 0 Å². The Labute approximate surface area is 156 Å². The summed E-state index contributed by atoms with van der Waals surface area (Å²) in [7, 11) is 0. The first-order chi connectivity index (χ1) is 13.2. The van der Waals surface area contributed by atoms with Crippen molar-refractivity contribution in [3.63, 3.8) is 0 Å². The Balaban J connectivity index is 1.90. The van der Waals surface area contributed by atoms with Gasteiger partial charge in [0, 0.05) is 17.0 Å². The second-order valence-corrected chi connectivity index (χ2v) is 5.89. The number of rotatable bonds is 4. The number of H-pyrrole nitrogens is 1. The molecule has 3 rings (SSSR count). The van der Waals surface area contributed by atoms with Gasteiger partial charge in [0.25, 0.3) is 11.8 Å². The number of halogens is 3. The third-order valence-corrected chi connectivity index (χ3v) is 3.86. The fraction of sp³-hybridized carbons (Fsp3) is 0.105. The van der Waals surface area contributed by atoms with E-state index in [1.807, 2.05) is 0 Å². The predicted octanol–water partition coefficient (Wildman–Crippen LogP) is 3.07. The van der Waals surface area contributed by atoms with Gasteiger partial charge in [-0.3, -0.25) is 14.4 Å². The quantitative estimate of drug-likeness (QED) is 0.641. The van der Waals surface area contributed by atoms with Gasteiger partial charge in [0.1, 0.15) is 6.54 Å². The van der Waals surface area contributed by atoms with E-state index in [1.165, 1.54) is 24.3 Å².